The third-order valence-corrected chi connectivity index (χ3v) is 4.83. The number of primary amides is 1. The summed E-state index contributed by atoms with van der Waals surface area (Å²) < 4.78 is 31.3. The SMILES string of the molecule is CCCCN(CCCC)S(=O)(=O)c1coc(C(N)=O)c1. The second-order valence-corrected chi connectivity index (χ2v) is 6.56. The van der Waals surface area contributed by atoms with Crippen molar-refractivity contribution in [1.82, 2.24) is 4.31 Å². The molecule has 0 saturated carbocycles. The number of carbonyl (C=O) groups excluding carboxylic acids is 1. The van der Waals surface area contributed by atoms with Crippen LogP contribution in [0.2, 0.25) is 0 Å². The largest absolute Gasteiger partial charge is 0.458 e. The lowest BCUT2D eigenvalue weighted by molar-refractivity contribution is 0.0974. The van der Waals surface area contributed by atoms with Gasteiger partial charge < -0.3 is 10.2 Å². The molecule has 114 valence electrons. The van der Waals surface area contributed by atoms with Crippen LogP contribution in [0.5, 0.6) is 0 Å². The first kappa shape index (κ1) is 16.7. The van der Waals surface area contributed by atoms with Gasteiger partial charge >= 0.3 is 0 Å². The minimum Gasteiger partial charge on any atom is -0.458 e. The highest BCUT2D eigenvalue weighted by Crippen LogP contribution is 2.19. The van der Waals surface area contributed by atoms with Crippen LogP contribution in [0.25, 0.3) is 0 Å². The van der Waals surface area contributed by atoms with Crippen LogP contribution in [0.3, 0.4) is 0 Å². The summed E-state index contributed by atoms with van der Waals surface area (Å²) in [5.74, 6) is -0.922. The van der Waals surface area contributed by atoms with Crippen LogP contribution in [-0.4, -0.2) is 31.7 Å². The molecule has 1 aromatic rings. The molecular weight excluding hydrogens is 280 g/mol. The van der Waals surface area contributed by atoms with Crippen LogP contribution in [0.15, 0.2) is 21.6 Å². The molecule has 0 aliphatic rings. The number of hydrogen-bond acceptors (Lipinski definition) is 4. The summed E-state index contributed by atoms with van der Waals surface area (Å²) in [6.07, 6.45) is 4.49. The van der Waals surface area contributed by atoms with Gasteiger partial charge in [-0.05, 0) is 12.8 Å². The molecular formula is C13H22N2O4S. The van der Waals surface area contributed by atoms with Crippen molar-refractivity contribution in [3.8, 4) is 0 Å². The van der Waals surface area contributed by atoms with Crippen molar-refractivity contribution in [3.05, 3.63) is 18.1 Å². The van der Waals surface area contributed by atoms with Gasteiger partial charge in [0.15, 0.2) is 5.76 Å². The average Bonchev–Trinajstić information content (AvgIpc) is 2.89. The first-order valence-electron chi connectivity index (χ1n) is 6.82. The highest BCUT2D eigenvalue weighted by molar-refractivity contribution is 7.89. The molecule has 0 fully saturated rings. The fourth-order valence-corrected chi connectivity index (χ4v) is 3.22. The zero-order valence-electron chi connectivity index (χ0n) is 12.0. The number of rotatable bonds is 9. The fourth-order valence-electron chi connectivity index (χ4n) is 1.75. The van der Waals surface area contributed by atoms with Gasteiger partial charge in [0.1, 0.15) is 11.2 Å². The van der Waals surface area contributed by atoms with Gasteiger partial charge in [-0.15, -0.1) is 0 Å². The molecule has 1 amide bonds. The number of nitrogens with zero attached hydrogens (tertiary/aromatic N) is 1. The molecule has 1 rings (SSSR count). The van der Waals surface area contributed by atoms with Crippen LogP contribution in [-0.2, 0) is 10.0 Å². The van der Waals surface area contributed by atoms with E-state index in [2.05, 4.69) is 0 Å². The normalized spacial score (nSPS) is 11.9. The van der Waals surface area contributed by atoms with E-state index in [-0.39, 0.29) is 10.7 Å². The first-order chi connectivity index (χ1) is 9.43. The monoisotopic (exact) mass is 302 g/mol. The second kappa shape index (κ2) is 7.44. The van der Waals surface area contributed by atoms with E-state index in [0.29, 0.717) is 13.1 Å². The molecule has 0 spiro atoms. The van der Waals surface area contributed by atoms with Crippen molar-refractivity contribution >= 4 is 15.9 Å². The minimum absolute atomic E-state index is 0.0153. The predicted octanol–water partition coefficient (Wildman–Crippen LogP) is 1.97. The van der Waals surface area contributed by atoms with E-state index >= 15 is 0 Å². The average molecular weight is 302 g/mol. The number of carbonyl (C=O) groups is 1. The maximum Gasteiger partial charge on any atom is 0.284 e. The van der Waals surface area contributed by atoms with Crippen molar-refractivity contribution in [2.24, 2.45) is 5.73 Å². The Morgan fingerprint density at radius 2 is 1.80 bits per heavy atom. The maximum absolute atomic E-state index is 12.5. The van der Waals surface area contributed by atoms with Crippen molar-refractivity contribution in [2.75, 3.05) is 13.1 Å². The van der Waals surface area contributed by atoms with Crippen LogP contribution < -0.4 is 5.73 Å². The van der Waals surface area contributed by atoms with E-state index in [0.717, 1.165) is 31.9 Å². The Balaban J connectivity index is 2.97. The highest BCUT2D eigenvalue weighted by atomic mass is 32.2. The van der Waals surface area contributed by atoms with Crippen LogP contribution in [0.4, 0.5) is 0 Å². The zero-order valence-corrected chi connectivity index (χ0v) is 12.8. The predicted molar refractivity (Wildman–Crippen MR) is 75.8 cm³/mol. The summed E-state index contributed by atoms with van der Waals surface area (Å²) in [4.78, 5) is 11.0. The van der Waals surface area contributed by atoms with Crippen LogP contribution in [0.1, 0.15) is 50.1 Å². The molecule has 0 aliphatic carbocycles. The molecule has 0 unspecified atom stereocenters. The quantitative estimate of drug-likeness (QED) is 0.754. The Labute approximate surface area is 120 Å². The number of unbranched alkanes of at least 4 members (excludes halogenated alkanes) is 2. The summed E-state index contributed by atoms with van der Waals surface area (Å²) in [7, 11) is -3.63. The van der Waals surface area contributed by atoms with Gasteiger partial charge in [-0.2, -0.15) is 4.31 Å². The molecule has 0 bridgehead atoms. The van der Waals surface area contributed by atoms with Gasteiger partial charge in [-0.25, -0.2) is 8.42 Å². The minimum atomic E-state index is -3.63. The molecule has 1 aromatic heterocycles. The van der Waals surface area contributed by atoms with Crippen LogP contribution >= 0.6 is 0 Å². The number of amides is 1. The van der Waals surface area contributed by atoms with Gasteiger partial charge in [-0.1, -0.05) is 26.7 Å². The van der Waals surface area contributed by atoms with E-state index in [9.17, 15) is 13.2 Å². The van der Waals surface area contributed by atoms with E-state index in [1.54, 1.807) is 0 Å². The lowest BCUT2D eigenvalue weighted by Gasteiger charge is -2.20. The molecule has 0 saturated heterocycles. The topological polar surface area (TPSA) is 93.6 Å². The molecule has 0 radical (unpaired) electrons. The Morgan fingerprint density at radius 3 is 2.20 bits per heavy atom. The van der Waals surface area contributed by atoms with Crippen molar-refractivity contribution in [1.29, 1.82) is 0 Å². The molecule has 0 aromatic carbocycles. The molecule has 0 aliphatic heterocycles. The van der Waals surface area contributed by atoms with Gasteiger partial charge in [0.2, 0.25) is 10.0 Å². The lowest BCUT2D eigenvalue weighted by Crippen LogP contribution is -2.32. The Hall–Kier alpha value is -1.34. The van der Waals surface area contributed by atoms with Crippen molar-refractivity contribution in [3.63, 3.8) is 0 Å². The molecule has 2 N–H and O–H groups in total. The van der Waals surface area contributed by atoms with Gasteiger partial charge in [0, 0.05) is 19.2 Å². The van der Waals surface area contributed by atoms with E-state index < -0.39 is 15.9 Å². The Morgan fingerprint density at radius 1 is 1.25 bits per heavy atom. The number of furan rings is 1. The third-order valence-electron chi connectivity index (χ3n) is 2.98. The van der Waals surface area contributed by atoms with E-state index in [4.69, 9.17) is 10.2 Å². The summed E-state index contributed by atoms with van der Waals surface area (Å²) >= 11 is 0. The standard InChI is InChI=1S/C13H22N2O4S/c1-3-5-7-15(8-6-4-2)20(17,18)11-9-12(13(14)16)19-10-11/h9-10H,3-8H2,1-2H3,(H2,14,16). The van der Waals surface area contributed by atoms with Gasteiger partial charge in [0.25, 0.3) is 5.91 Å². The summed E-state index contributed by atoms with van der Waals surface area (Å²) in [5.41, 5.74) is 5.07. The zero-order chi connectivity index (χ0) is 15.2. The number of sulfonamides is 1. The first-order valence-corrected chi connectivity index (χ1v) is 8.26. The summed E-state index contributed by atoms with van der Waals surface area (Å²) in [6.45, 7) is 4.95. The van der Waals surface area contributed by atoms with Gasteiger partial charge in [-0.3, -0.25) is 4.79 Å². The fraction of sp³-hybridized carbons (Fsp3) is 0.615. The summed E-state index contributed by atoms with van der Waals surface area (Å²) in [5, 5.41) is 0. The Bertz CT molecular complexity index is 528. The highest BCUT2D eigenvalue weighted by Gasteiger charge is 2.26. The third kappa shape index (κ3) is 4.08. The molecule has 20 heavy (non-hydrogen) atoms. The smallest absolute Gasteiger partial charge is 0.284 e. The number of hydrogen-bond donors (Lipinski definition) is 1. The molecule has 0 atom stereocenters. The lowest BCUT2D eigenvalue weighted by atomic mass is 10.3. The summed E-state index contributed by atoms with van der Waals surface area (Å²) in [6, 6.07) is 1.18. The van der Waals surface area contributed by atoms with E-state index in [1.165, 1.54) is 10.4 Å². The number of nitrogens with two attached hydrogens (primary N) is 1. The van der Waals surface area contributed by atoms with Crippen LogP contribution in [0, 0.1) is 0 Å². The molecule has 7 heteroatoms. The van der Waals surface area contributed by atoms with E-state index in [1.807, 2.05) is 13.8 Å². The maximum atomic E-state index is 12.5. The van der Waals surface area contributed by atoms with Crippen molar-refractivity contribution in [2.45, 2.75) is 44.4 Å². The Kier molecular flexibility index (Phi) is 6.22. The molecule has 1 heterocycles. The van der Waals surface area contributed by atoms with Gasteiger partial charge in [0.05, 0.1) is 0 Å². The van der Waals surface area contributed by atoms with Crippen molar-refractivity contribution < 1.29 is 17.6 Å². The second-order valence-electron chi connectivity index (χ2n) is 4.62. The molecule has 6 nitrogen and oxygen atoms in total.